The molecule has 0 radical (unpaired) electrons. The third-order valence-electron chi connectivity index (χ3n) is 9.01. The maximum absolute atomic E-state index is 13.7. The summed E-state index contributed by atoms with van der Waals surface area (Å²) in [7, 11) is 2.01. The molecule has 1 fully saturated rings. The molecule has 2 unspecified atom stereocenters. The zero-order chi connectivity index (χ0) is 26.8. The summed E-state index contributed by atoms with van der Waals surface area (Å²) in [6.07, 6.45) is 1.49. The highest BCUT2D eigenvalue weighted by Gasteiger charge is 2.72. The molecule has 6 rings (SSSR count). The lowest BCUT2D eigenvalue weighted by atomic mass is 9.50. The number of hydrogen-bond acceptors (Lipinski definition) is 8. The Morgan fingerprint density at radius 3 is 2.68 bits per heavy atom. The van der Waals surface area contributed by atoms with Crippen molar-refractivity contribution < 1.29 is 34.4 Å². The number of rotatable bonds is 7. The molecule has 2 heterocycles. The van der Waals surface area contributed by atoms with Crippen LogP contribution in [0.3, 0.4) is 0 Å². The molecule has 0 aromatic heterocycles. The Morgan fingerprint density at radius 2 is 1.95 bits per heavy atom. The molecule has 1 saturated heterocycles. The lowest BCUT2D eigenvalue weighted by Gasteiger charge is -2.61. The molecule has 2 aromatic rings. The van der Waals surface area contributed by atoms with E-state index in [-0.39, 0.29) is 36.8 Å². The highest BCUT2D eigenvalue weighted by atomic mass is 16.6. The Kier molecular flexibility index (Phi) is 5.90. The van der Waals surface area contributed by atoms with Gasteiger partial charge in [-0.15, -0.1) is 0 Å². The summed E-state index contributed by atoms with van der Waals surface area (Å²) in [5.41, 5.74) is 0.483. The zero-order valence-electron chi connectivity index (χ0n) is 21.6. The number of likely N-dealkylation sites (N-methyl/N-ethyl adjacent to an activating group) is 1. The summed E-state index contributed by atoms with van der Waals surface area (Å²) in [5.74, 6) is -1.02. The topological polar surface area (TPSA) is 117 Å². The van der Waals surface area contributed by atoms with Crippen LogP contribution in [0.5, 0.6) is 11.5 Å². The van der Waals surface area contributed by atoms with Crippen molar-refractivity contribution in [1.82, 2.24) is 4.90 Å². The number of piperidine rings is 1. The predicted molar refractivity (Wildman–Crippen MR) is 138 cm³/mol. The van der Waals surface area contributed by atoms with Crippen LogP contribution in [0.2, 0.25) is 0 Å². The fourth-order valence-electron chi connectivity index (χ4n) is 7.29. The van der Waals surface area contributed by atoms with Crippen molar-refractivity contribution in [3.8, 4) is 11.5 Å². The van der Waals surface area contributed by atoms with Gasteiger partial charge in [0.1, 0.15) is 11.5 Å². The summed E-state index contributed by atoms with van der Waals surface area (Å²) < 4.78 is 12.4. The first-order valence-corrected chi connectivity index (χ1v) is 13.3. The average Bonchev–Trinajstić information content (AvgIpc) is 3.24. The fraction of sp³-hybridized carbons (Fsp3) is 0.467. The molecule has 1 spiro atoms. The first-order chi connectivity index (χ1) is 18.2. The van der Waals surface area contributed by atoms with E-state index in [1.54, 1.807) is 43.3 Å². The predicted octanol–water partition coefficient (Wildman–Crippen LogP) is 2.73. The van der Waals surface area contributed by atoms with Crippen LogP contribution in [0, 0.1) is 0 Å². The standard InChI is InChI=1S/C30H33NO7/c1-17(32)14-20(33)16-21(18-6-4-3-5-7-18)28(35)37-23-10-11-30(36)24-15-19-8-9-22(34)26-25(19)29(30,27(23)38-26)12-13-31(24)2/h3-10,17,21,24,27,32,34,36H,11-16H2,1-2H3/t17-,21+,24-,27?,29?,30-/m1/s1. The number of aliphatic hydroxyl groups excluding tert-OH is 1. The minimum absolute atomic E-state index is 0.00353. The molecule has 2 aromatic carbocycles. The van der Waals surface area contributed by atoms with Gasteiger partial charge in [-0.3, -0.25) is 9.59 Å². The Bertz CT molecular complexity index is 1320. The smallest absolute Gasteiger partial charge is 0.319 e. The molecule has 3 N–H and O–H groups in total. The van der Waals surface area contributed by atoms with E-state index in [9.17, 15) is 24.9 Å². The monoisotopic (exact) mass is 519 g/mol. The quantitative estimate of drug-likeness (QED) is 0.478. The number of nitrogens with zero attached hydrogens (tertiary/aromatic N) is 1. The van der Waals surface area contributed by atoms with Gasteiger partial charge in [0, 0.05) is 30.9 Å². The van der Waals surface area contributed by atoms with Crippen LogP contribution in [0.4, 0.5) is 0 Å². The number of ketones is 1. The molecule has 6 atom stereocenters. The fourth-order valence-corrected chi connectivity index (χ4v) is 7.29. The van der Waals surface area contributed by atoms with Gasteiger partial charge in [0.25, 0.3) is 0 Å². The zero-order valence-corrected chi connectivity index (χ0v) is 21.6. The number of Topliss-reactive ketones (excluding diaryl/α,β-unsaturated/α-hetero) is 1. The highest BCUT2D eigenvalue weighted by molar-refractivity contribution is 5.88. The molecule has 8 heteroatoms. The van der Waals surface area contributed by atoms with Crippen molar-refractivity contribution in [3.05, 3.63) is 71.0 Å². The third kappa shape index (κ3) is 3.54. The van der Waals surface area contributed by atoms with Gasteiger partial charge in [-0.25, -0.2) is 0 Å². The second-order valence-electron chi connectivity index (χ2n) is 11.3. The maximum Gasteiger partial charge on any atom is 0.319 e. The van der Waals surface area contributed by atoms with Crippen molar-refractivity contribution in [2.75, 3.05) is 13.6 Å². The van der Waals surface area contributed by atoms with Gasteiger partial charge in [0.05, 0.1) is 23.0 Å². The molecule has 38 heavy (non-hydrogen) atoms. The normalized spacial score (nSPS) is 30.5. The lowest BCUT2D eigenvalue weighted by Crippen LogP contribution is -2.74. The largest absolute Gasteiger partial charge is 0.504 e. The number of ether oxygens (including phenoxy) is 2. The molecular weight excluding hydrogens is 486 g/mol. The Labute approximate surface area is 221 Å². The van der Waals surface area contributed by atoms with Gasteiger partial charge in [-0.05, 0) is 56.6 Å². The van der Waals surface area contributed by atoms with Gasteiger partial charge in [0.15, 0.2) is 17.6 Å². The van der Waals surface area contributed by atoms with E-state index in [1.165, 1.54) is 0 Å². The number of aromatic hydroxyl groups is 1. The Balaban J connectivity index is 1.37. The number of esters is 1. The summed E-state index contributed by atoms with van der Waals surface area (Å²) in [5, 5.41) is 32.7. The third-order valence-corrected chi connectivity index (χ3v) is 9.01. The molecule has 0 amide bonds. The van der Waals surface area contributed by atoms with E-state index in [4.69, 9.17) is 9.47 Å². The number of carbonyl (C=O) groups excluding carboxylic acids is 2. The van der Waals surface area contributed by atoms with Gasteiger partial charge in [-0.2, -0.15) is 0 Å². The Morgan fingerprint density at radius 1 is 1.18 bits per heavy atom. The van der Waals surface area contributed by atoms with Crippen molar-refractivity contribution >= 4 is 11.8 Å². The molecule has 8 nitrogen and oxygen atoms in total. The molecular formula is C30H33NO7. The van der Waals surface area contributed by atoms with E-state index in [0.717, 1.165) is 17.7 Å². The summed E-state index contributed by atoms with van der Waals surface area (Å²) in [4.78, 5) is 28.5. The summed E-state index contributed by atoms with van der Waals surface area (Å²) in [6, 6.07) is 12.4. The van der Waals surface area contributed by atoms with Crippen molar-refractivity contribution in [2.24, 2.45) is 0 Å². The number of likely N-dealkylation sites (tertiary alicyclic amines) is 1. The molecule has 0 saturated carbocycles. The van der Waals surface area contributed by atoms with Crippen LogP contribution in [-0.4, -0.2) is 69.4 Å². The molecule has 2 bridgehead atoms. The minimum atomic E-state index is -1.15. The van der Waals surface area contributed by atoms with Crippen LogP contribution in [-0.2, 0) is 26.2 Å². The number of aliphatic hydroxyl groups is 2. The second kappa shape index (κ2) is 8.93. The average molecular weight is 520 g/mol. The van der Waals surface area contributed by atoms with Gasteiger partial charge < -0.3 is 29.7 Å². The summed E-state index contributed by atoms with van der Waals surface area (Å²) >= 11 is 0. The van der Waals surface area contributed by atoms with Gasteiger partial charge in [-0.1, -0.05) is 36.4 Å². The molecule has 2 aliphatic heterocycles. The minimum Gasteiger partial charge on any atom is -0.504 e. The van der Waals surface area contributed by atoms with Crippen LogP contribution in [0.25, 0.3) is 0 Å². The van der Waals surface area contributed by atoms with Crippen molar-refractivity contribution in [3.63, 3.8) is 0 Å². The molecule has 200 valence electrons. The van der Waals surface area contributed by atoms with E-state index in [1.807, 2.05) is 19.2 Å². The van der Waals surface area contributed by atoms with Crippen LogP contribution in [0.15, 0.2) is 54.3 Å². The number of phenols is 1. The molecule has 2 aliphatic carbocycles. The lowest BCUT2D eigenvalue weighted by molar-refractivity contribution is -0.170. The van der Waals surface area contributed by atoms with Crippen molar-refractivity contribution in [1.29, 1.82) is 0 Å². The second-order valence-corrected chi connectivity index (χ2v) is 11.3. The van der Waals surface area contributed by atoms with Gasteiger partial charge in [0.2, 0.25) is 0 Å². The van der Waals surface area contributed by atoms with Gasteiger partial charge >= 0.3 is 5.97 Å². The van der Waals surface area contributed by atoms with E-state index in [2.05, 4.69) is 4.90 Å². The van der Waals surface area contributed by atoms with Crippen LogP contribution >= 0.6 is 0 Å². The number of phenolic OH excluding ortho intramolecular Hbond substituents is 1. The first kappa shape index (κ1) is 25.1. The number of carbonyl (C=O) groups is 2. The van der Waals surface area contributed by atoms with Crippen LogP contribution < -0.4 is 4.74 Å². The van der Waals surface area contributed by atoms with E-state index >= 15 is 0 Å². The van der Waals surface area contributed by atoms with E-state index < -0.39 is 35.1 Å². The number of benzene rings is 2. The SMILES string of the molecule is C[C@@H](O)CC(=O)C[C@H](C(=O)OC1=CC[C@@]2(O)[C@H]3Cc4ccc(O)c5c4C2(CCN3C)C1O5)c1ccccc1. The van der Waals surface area contributed by atoms with E-state index in [0.29, 0.717) is 29.9 Å². The summed E-state index contributed by atoms with van der Waals surface area (Å²) in [6.45, 7) is 2.27. The number of hydrogen-bond donors (Lipinski definition) is 3. The van der Waals surface area contributed by atoms with Crippen molar-refractivity contribution in [2.45, 2.75) is 74.2 Å². The highest BCUT2D eigenvalue weighted by Crippen LogP contribution is 2.65. The first-order valence-electron chi connectivity index (χ1n) is 13.3. The maximum atomic E-state index is 13.7. The van der Waals surface area contributed by atoms with Crippen LogP contribution in [0.1, 0.15) is 55.2 Å². The Hall–Kier alpha value is -3.20. The molecule has 4 aliphatic rings.